The number of fused-ring (bicyclic) bond motifs is 1. The Bertz CT molecular complexity index is 1440. The lowest BCUT2D eigenvalue weighted by molar-refractivity contribution is 0.0607. The zero-order chi connectivity index (χ0) is 26.3. The lowest BCUT2D eigenvalue weighted by Gasteiger charge is -2.35. The highest BCUT2D eigenvalue weighted by Gasteiger charge is 2.32. The van der Waals surface area contributed by atoms with Crippen molar-refractivity contribution in [3.8, 4) is 0 Å². The van der Waals surface area contributed by atoms with Gasteiger partial charge in [0.15, 0.2) is 5.65 Å². The van der Waals surface area contributed by atoms with Gasteiger partial charge in [0.25, 0.3) is 5.91 Å². The Morgan fingerprint density at radius 3 is 2.76 bits per heavy atom. The van der Waals surface area contributed by atoms with Crippen LogP contribution in [0, 0.1) is 12.8 Å². The van der Waals surface area contributed by atoms with E-state index in [1.165, 1.54) is 12.1 Å². The summed E-state index contributed by atoms with van der Waals surface area (Å²) in [6.45, 7) is 5.07. The van der Waals surface area contributed by atoms with Gasteiger partial charge in [-0.25, -0.2) is 17.9 Å². The minimum Gasteiger partial charge on any atom is -0.356 e. The summed E-state index contributed by atoms with van der Waals surface area (Å²) in [4.78, 5) is 22.7. The third kappa shape index (κ3) is 5.39. The predicted octanol–water partition coefficient (Wildman–Crippen LogP) is 3.22. The fourth-order valence-electron chi connectivity index (χ4n) is 5.34. The minimum absolute atomic E-state index is 0.208. The lowest BCUT2D eigenvalue weighted by atomic mass is 9.98. The zero-order valence-corrected chi connectivity index (χ0v) is 22.6. The number of rotatable bonds is 6. The van der Waals surface area contributed by atoms with E-state index in [-0.39, 0.29) is 23.2 Å². The minimum atomic E-state index is -3.58. The molecule has 0 bridgehead atoms. The summed E-state index contributed by atoms with van der Waals surface area (Å²) in [6.07, 6.45) is 6.66. The van der Waals surface area contributed by atoms with Crippen molar-refractivity contribution in [2.45, 2.75) is 38.6 Å². The molecule has 0 spiro atoms. The van der Waals surface area contributed by atoms with Gasteiger partial charge in [0.1, 0.15) is 5.82 Å². The monoisotopic (exact) mass is 545 g/mol. The number of anilines is 2. The number of piperidine rings is 1. The van der Waals surface area contributed by atoms with Gasteiger partial charge in [-0.05, 0) is 63.3 Å². The molecule has 0 radical (unpaired) electrons. The maximum absolute atomic E-state index is 13.8. The summed E-state index contributed by atoms with van der Waals surface area (Å²) in [5.41, 5.74) is 8.83. The van der Waals surface area contributed by atoms with Crippen LogP contribution in [0.3, 0.4) is 0 Å². The van der Waals surface area contributed by atoms with Gasteiger partial charge in [-0.1, -0.05) is 11.6 Å². The number of halogens is 1. The first-order valence-electron chi connectivity index (χ1n) is 12.5. The molecular formula is C25H32ClN7O3S. The first kappa shape index (κ1) is 25.7. The molecule has 3 aromatic rings. The Labute approximate surface area is 221 Å². The van der Waals surface area contributed by atoms with E-state index in [4.69, 9.17) is 27.4 Å². The average molecular weight is 546 g/mol. The van der Waals surface area contributed by atoms with Gasteiger partial charge in [-0.3, -0.25) is 9.52 Å². The van der Waals surface area contributed by atoms with Gasteiger partial charge in [0.05, 0.1) is 29.2 Å². The molecule has 37 heavy (non-hydrogen) atoms. The number of aryl methyl sites for hydroxylation is 1. The first-order valence-corrected chi connectivity index (χ1v) is 14.8. The molecule has 2 aliphatic rings. The quantitative estimate of drug-likeness (QED) is 0.487. The Hall–Kier alpha value is -2.89. The van der Waals surface area contributed by atoms with E-state index in [0.29, 0.717) is 24.0 Å². The van der Waals surface area contributed by atoms with Gasteiger partial charge in [0.2, 0.25) is 10.0 Å². The summed E-state index contributed by atoms with van der Waals surface area (Å²) >= 11 is 6.20. The molecule has 2 saturated heterocycles. The summed E-state index contributed by atoms with van der Waals surface area (Å²) in [5, 5.41) is 5.16. The number of hydrogen-bond donors (Lipinski definition) is 2. The van der Waals surface area contributed by atoms with E-state index >= 15 is 0 Å². The SMILES string of the molecule is Cc1cn2nc([C@H]3CCCCN3C(=O)c3cc(Cl)ccc3NS(C)(=O)=O)cc2nc1N1CC[C@H](CN)C1. The van der Waals surface area contributed by atoms with Crippen molar-refractivity contribution in [2.24, 2.45) is 11.7 Å². The van der Waals surface area contributed by atoms with Crippen molar-refractivity contribution >= 4 is 44.7 Å². The summed E-state index contributed by atoms with van der Waals surface area (Å²) in [5.74, 6) is 1.14. The van der Waals surface area contributed by atoms with Crippen molar-refractivity contribution in [3.05, 3.63) is 52.3 Å². The molecule has 10 nitrogen and oxygen atoms in total. The van der Waals surface area contributed by atoms with Crippen LogP contribution in [0.2, 0.25) is 5.02 Å². The molecule has 2 aliphatic heterocycles. The molecule has 2 atom stereocenters. The largest absolute Gasteiger partial charge is 0.356 e. The standard InChI is InChI=1S/C25H32ClN7O3S/c1-16-14-33-23(28-24(16)31-10-8-17(13-27)15-31)12-21(29-33)22-5-3-4-9-32(22)25(34)19-11-18(26)6-7-20(19)30-37(2,35)36/h6-7,11-12,14,17,22,30H,3-5,8-10,13,15,27H2,1-2H3/t17-,22-/m1/s1. The van der Waals surface area contributed by atoms with Gasteiger partial charge in [-0.2, -0.15) is 5.10 Å². The fraction of sp³-hybridized carbons (Fsp3) is 0.480. The molecule has 4 heterocycles. The second kappa shape index (κ2) is 10.1. The van der Waals surface area contributed by atoms with Gasteiger partial charge in [0, 0.05) is 42.5 Å². The number of benzene rings is 1. The number of hydrogen-bond acceptors (Lipinski definition) is 7. The van der Waals surface area contributed by atoms with E-state index in [9.17, 15) is 13.2 Å². The van der Waals surface area contributed by atoms with Crippen molar-refractivity contribution in [1.82, 2.24) is 19.5 Å². The molecule has 0 saturated carbocycles. The van der Waals surface area contributed by atoms with Crippen LogP contribution in [-0.2, 0) is 10.0 Å². The molecule has 5 rings (SSSR count). The molecule has 2 aromatic heterocycles. The van der Waals surface area contributed by atoms with Crippen molar-refractivity contribution < 1.29 is 13.2 Å². The number of sulfonamides is 1. The summed E-state index contributed by atoms with van der Waals surface area (Å²) < 4.78 is 28.0. The predicted molar refractivity (Wildman–Crippen MR) is 145 cm³/mol. The van der Waals surface area contributed by atoms with Crippen molar-refractivity contribution in [2.75, 3.05) is 42.1 Å². The number of nitrogens with two attached hydrogens (primary N) is 1. The molecule has 0 unspecified atom stereocenters. The van der Waals surface area contributed by atoms with Crippen LogP contribution in [0.5, 0.6) is 0 Å². The number of carbonyl (C=O) groups is 1. The van der Waals surface area contributed by atoms with Crippen molar-refractivity contribution in [3.63, 3.8) is 0 Å². The normalized spacial score (nSPS) is 20.5. The molecule has 198 valence electrons. The van der Waals surface area contributed by atoms with Crippen LogP contribution in [0.25, 0.3) is 5.65 Å². The number of amides is 1. The number of nitrogens with zero attached hydrogens (tertiary/aromatic N) is 5. The fourth-order valence-corrected chi connectivity index (χ4v) is 6.09. The Kier molecular flexibility index (Phi) is 7.03. The molecule has 12 heteroatoms. The Morgan fingerprint density at radius 2 is 2.03 bits per heavy atom. The molecule has 3 N–H and O–H groups in total. The highest BCUT2D eigenvalue weighted by molar-refractivity contribution is 7.92. The van der Waals surface area contributed by atoms with E-state index in [1.807, 2.05) is 19.2 Å². The second-order valence-electron chi connectivity index (χ2n) is 10.0. The number of nitrogens with one attached hydrogen (secondary N) is 1. The molecule has 1 aromatic carbocycles. The summed E-state index contributed by atoms with van der Waals surface area (Å²) in [6, 6.07) is 6.27. The van der Waals surface area contributed by atoms with E-state index < -0.39 is 10.0 Å². The van der Waals surface area contributed by atoms with Crippen LogP contribution >= 0.6 is 11.6 Å². The molecular weight excluding hydrogens is 514 g/mol. The van der Waals surface area contributed by atoms with E-state index in [2.05, 4.69) is 9.62 Å². The van der Waals surface area contributed by atoms with Crippen molar-refractivity contribution in [1.29, 1.82) is 0 Å². The zero-order valence-electron chi connectivity index (χ0n) is 21.0. The Morgan fingerprint density at radius 1 is 1.22 bits per heavy atom. The third-order valence-corrected chi connectivity index (χ3v) is 7.98. The van der Waals surface area contributed by atoms with Crippen LogP contribution in [0.4, 0.5) is 11.5 Å². The second-order valence-corrected chi connectivity index (χ2v) is 12.2. The van der Waals surface area contributed by atoms with Crippen LogP contribution in [0.1, 0.15) is 53.3 Å². The molecule has 0 aliphatic carbocycles. The van der Waals surface area contributed by atoms with E-state index in [1.54, 1.807) is 15.5 Å². The maximum Gasteiger partial charge on any atom is 0.256 e. The average Bonchev–Trinajstić information content (AvgIpc) is 3.50. The number of likely N-dealkylation sites (tertiary alicyclic amines) is 1. The maximum atomic E-state index is 13.8. The highest BCUT2D eigenvalue weighted by atomic mass is 35.5. The first-order chi connectivity index (χ1) is 17.6. The van der Waals surface area contributed by atoms with Gasteiger partial charge >= 0.3 is 0 Å². The molecule has 2 fully saturated rings. The Balaban J connectivity index is 1.47. The molecule has 1 amide bonds. The number of aromatic nitrogens is 3. The van der Waals surface area contributed by atoms with Crippen LogP contribution in [0.15, 0.2) is 30.5 Å². The topological polar surface area (TPSA) is 126 Å². The van der Waals surface area contributed by atoms with Crippen LogP contribution in [-0.4, -0.2) is 66.3 Å². The van der Waals surface area contributed by atoms with E-state index in [0.717, 1.165) is 67.8 Å². The highest BCUT2D eigenvalue weighted by Crippen LogP contribution is 2.34. The summed E-state index contributed by atoms with van der Waals surface area (Å²) in [7, 11) is -3.58. The smallest absolute Gasteiger partial charge is 0.256 e. The lowest BCUT2D eigenvalue weighted by Crippen LogP contribution is -2.39. The number of carbonyl (C=O) groups excluding carboxylic acids is 1. The van der Waals surface area contributed by atoms with Gasteiger partial charge < -0.3 is 15.5 Å². The van der Waals surface area contributed by atoms with Gasteiger partial charge in [-0.15, -0.1) is 0 Å². The van der Waals surface area contributed by atoms with Crippen LogP contribution < -0.4 is 15.4 Å². The third-order valence-electron chi connectivity index (χ3n) is 7.16.